The van der Waals surface area contributed by atoms with Gasteiger partial charge in [-0.2, -0.15) is 4.31 Å². The van der Waals surface area contributed by atoms with E-state index in [0.29, 0.717) is 29.9 Å². The van der Waals surface area contributed by atoms with Crippen molar-refractivity contribution in [3.63, 3.8) is 0 Å². The number of rotatable bonds is 8. The van der Waals surface area contributed by atoms with Gasteiger partial charge in [-0.25, -0.2) is 13.2 Å². The van der Waals surface area contributed by atoms with Gasteiger partial charge in [0.05, 0.1) is 10.5 Å². The molecule has 0 aliphatic heterocycles. The van der Waals surface area contributed by atoms with Crippen molar-refractivity contribution in [3.05, 3.63) is 58.0 Å². The molecule has 1 amide bonds. The molecule has 1 heterocycles. The van der Waals surface area contributed by atoms with Crippen LogP contribution in [0.25, 0.3) is 11.1 Å². The zero-order chi connectivity index (χ0) is 21.9. The molecule has 0 fully saturated rings. The summed E-state index contributed by atoms with van der Waals surface area (Å²) in [5, 5.41) is 2.74. The van der Waals surface area contributed by atoms with Gasteiger partial charge in [-0.1, -0.05) is 37.6 Å². The number of hydrogen-bond acceptors (Lipinski definition) is 5. The largest absolute Gasteiger partial charge is 0.419 e. The van der Waals surface area contributed by atoms with Crippen molar-refractivity contribution in [2.24, 2.45) is 0 Å². The molecule has 0 aliphatic rings. The highest BCUT2D eigenvalue weighted by atomic mass is 35.5. The van der Waals surface area contributed by atoms with Crippen molar-refractivity contribution in [1.29, 1.82) is 0 Å². The van der Waals surface area contributed by atoms with Crippen molar-refractivity contribution in [1.82, 2.24) is 8.87 Å². The number of fused-ring (bicyclic) bond motifs is 1. The highest BCUT2D eigenvalue weighted by molar-refractivity contribution is 7.89. The van der Waals surface area contributed by atoms with Crippen LogP contribution in [-0.4, -0.2) is 36.3 Å². The van der Waals surface area contributed by atoms with E-state index in [9.17, 15) is 18.0 Å². The Labute approximate surface area is 179 Å². The second-order valence-corrected chi connectivity index (χ2v) is 8.83. The lowest BCUT2D eigenvalue weighted by atomic mass is 10.3. The molecule has 1 N–H and O–H groups in total. The van der Waals surface area contributed by atoms with Crippen molar-refractivity contribution in [2.45, 2.75) is 31.7 Å². The first-order chi connectivity index (χ1) is 14.3. The summed E-state index contributed by atoms with van der Waals surface area (Å²) in [6, 6.07) is 11.3. The molecule has 0 radical (unpaired) electrons. The van der Waals surface area contributed by atoms with E-state index in [1.165, 1.54) is 27.1 Å². The van der Waals surface area contributed by atoms with Gasteiger partial charge in [0, 0.05) is 31.7 Å². The number of aromatic nitrogens is 1. The molecule has 0 spiro atoms. The molecule has 0 saturated heterocycles. The van der Waals surface area contributed by atoms with Crippen LogP contribution in [0.2, 0.25) is 5.02 Å². The number of anilines is 1. The first-order valence-corrected chi connectivity index (χ1v) is 11.3. The Bertz CT molecular complexity index is 1230. The number of hydrogen-bond donors (Lipinski definition) is 1. The average molecular weight is 452 g/mol. The normalized spacial score (nSPS) is 11.9. The fourth-order valence-electron chi connectivity index (χ4n) is 3.14. The van der Waals surface area contributed by atoms with Gasteiger partial charge in [-0.15, -0.1) is 0 Å². The van der Waals surface area contributed by atoms with Gasteiger partial charge >= 0.3 is 5.76 Å². The molecule has 0 unspecified atom stereocenters. The van der Waals surface area contributed by atoms with Gasteiger partial charge in [-0.05, 0) is 30.3 Å². The van der Waals surface area contributed by atoms with Crippen LogP contribution in [-0.2, 0) is 21.4 Å². The third kappa shape index (κ3) is 4.43. The van der Waals surface area contributed by atoms with E-state index >= 15 is 0 Å². The van der Waals surface area contributed by atoms with Crippen LogP contribution in [0.3, 0.4) is 0 Å². The number of amides is 1. The molecule has 2 aromatic carbocycles. The lowest BCUT2D eigenvalue weighted by Crippen LogP contribution is -2.31. The summed E-state index contributed by atoms with van der Waals surface area (Å²) < 4.78 is 33.4. The number of sulfonamides is 1. The number of carbonyl (C=O) groups is 1. The standard InChI is InChI=1S/C20H22ClN3O5S/c1-3-23(4-2)30(27,28)18-13-14(9-10-15(18)21)22-19(25)11-12-24-16-7-5-6-8-17(16)29-20(24)26/h5-10,13H,3-4,11-12H2,1-2H3,(H,22,25). The lowest BCUT2D eigenvalue weighted by molar-refractivity contribution is -0.116. The SMILES string of the molecule is CCN(CC)S(=O)(=O)c1cc(NC(=O)CCn2c(=O)oc3ccccc32)ccc1Cl. The second-order valence-electron chi connectivity index (χ2n) is 6.52. The molecular weight excluding hydrogens is 430 g/mol. The highest BCUT2D eigenvalue weighted by Gasteiger charge is 2.25. The van der Waals surface area contributed by atoms with Crippen LogP contribution in [0, 0.1) is 0 Å². The predicted octanol–water partition coefficient (Wildman–Crippen LogP) is 3.31. The van der Waals surface area contributed by atoms with Crippen LogP contribution in [0.15, 0.2) is 56.6 Å². The average Bonchev–Trinajstić information content (AvgIpc) is 3.03. The quantitative estimate of drug-likeness (QED) is 0.566. The maximum Gasteiger partial charge on any atom is 0.419 e. The van der Waals surface area contributed by atoms with E-state index in [2.05, 4.69) is 5.32 Å². The van der Waals surface area contributed by atoms with Crippen LogP contribution < -0.4 is 11.1 Å². The van der Waals surface area contributed by atoms with Crippen molar-refractivity contribution < 1.29 is 17.6 Å². The van der Waals surface area contributed by atoms with E-state index in [1.807, 2.05) is 0 Å². The third-order valence-electron chi connectivity index (χ3n) is 4.67. The molecule has 8 nitrogen and oxygen atoms in total. The summed E-state index contributed by atoms with van der Waals surface area (Å²) in [5.41, 5.74) is 1.36. The monoisotopic (exact) mass is 451 g/mol. The Hall–Kier alpha value is -2.62. The van der Waals surface area contributed by atoms with E-state index in [0.717, 1.165) is 0 Å². The lowest BCUT2D eigenvalue weighted by Gasteiger charge is -2.19. The summed E-state index contributed by atoms with van der Waals surface area (Å²) in [7, 11) is -3.78. The molecule has 3 rings (SSSR count). The van der Waals surface area contributed by atoms with Crippen LogP contribution in [0.1, 0.15) is 20.3 Å². The summed E-state index contributed by atoms with van der Waals surface area (Å²) in [6.07, 6.45) is 0.00416. The van der Waals surface area contributed by atoms with E-state index in [1.54, 1.807) is 38.1 Å². The number of para-hydroxylation sites is 2. The van der Waals surface area contributed by atoms with Gasteiger partial charge in [0.2, 0.25) is 15.9 Å². The Morgan fingerprint density at radius 1 is 1.17 bits per heavy atom. The Balaban J connectivity index is 1.76. The summed E-state index contributed by atoms with van der Waals surface area (Å²) in [5.74, 6) is -0.913. The maximum absolute atomic E-state index is 12.8. The number of nitrogens with zero attached hydrogens (tertiary/aromatic N) is 2. The van der Waals surface area contributed by atoms with Crippen molar-refractivity contribution >= 4 is 44.3 Å². The minimum Gasteiger partial charge on any atom is -0.408 e. The second kappa shape index (κ2) is 9.03. The van der Waals surface area contributed by atoms with Gasteiger partial charge in [0.15, 0.2) is 5.58 Å². The minimum atomic E-state index is -3.78. The molecule has 0 atom stereocenters. The number of oxazole rings is 1. The number of carbonyl (C=O) groups excluding carboxylic acids is 1. The molecule has 3 aromatic rings. The summed E-state index contributed by atoms with van der Waals surface area (Å²) >= 11 is 6.11. The van der Waals surface area contributed by atoms with Gasteiger partial charge in [-0.3, -0.25) is 9.36 Å². The van der Waals surface area contributed by atoms with Crippen LogP contribution in [0.4, 0.5) is 5.69 Å². The number of nitrogens with one attached hydrogen (secondary N) is 1. The molecular formula is C20H22ClN3O5S. The van der Waals surface area contributed by atoms with Crippen molar-refractivity contribution in [2.75, 3.05) is 18.4 Å². The van der Waals surface area contributed by atoms with Gasteiger partial charge < -0.3 is 9.73 Å². The number of halogens is 1. The number of benzene rings is 2. The predicted molar refractivity (Wildman–Crippen MR) is 115 cm³/mol. The molecule has 30 heavy (non-hydrogen) atoms. The Kier molecular flexibility index (Phi) is 6.64. The van der Waals surface area contributed by atoms with Gasteiger partial charge in [0.25, 0.3) is 0 Å². The molecule has 0 saturated carbocycles. The number of aryl methyl sites for hydroxylation is 1. The van der Waals surface area contributed by atoms with E-state index in [4.69, 9.17) is 16.0 Å². The maximum atomic E-state index is 12.8. The van der Waals surface area contributed by atoms with Crippen LogP contribution >= 0.6 is 11.6 Å². The highest BCUT2D eigenvalue weighted by Crippen LogP contribution is 2.28. The fraction of sp³-hybridized carbons (Fsp3) is 0.300. The Morgan fingerprint density at radius 2 is 1.87 bits per heavy atom. The first kappa shape index (κ1) is 22.1. The summed E-state index contributed by atoms with van der Waals surface area (Å²) in [6.45, 7) is 4.21. The molecule has 1 aromatic heterocycles. The fourth-order valence-corrected chi connectivity index (χ4v) is 5.10. The minimum absolute atomic E-state index is 0.00416. The summed E-state index contributed by atoms with van der Waals surface area (Å²) in [4.78, 5) is 24.3. The topological polar surface area (TPSA) is 102 Å². The molecule has 0 aliphatic carbocycles. The van der Waals surface area contributed by atoms with Crippen LogP contribution in [0.5, 0.6) is 0 Å². The molecule has 160 valence electrons. The van der Waals surface area contributed by atoms with E-state index in [-0.39, 0.29) is 28.8 Å². The molecule has 0 bridgehead atoms. The van der Waals surface area contributed by atoms with Gasteiger partial charge in [0.1, 0.15) is 4.90 Å². The zero-order valence-electron chi connectivity index (χ0n) is 16.6. The Morgan fingerprint density at radius 3 is 2.57 bits per heavy atom. The zero-order valence-corrected chi connectivity index (χ0v) is 18.2. The smallest absolute Gasteiger partial charge is 0.408 e. The first-order valence-electron chi connectivity index (χ1n) is 9.45. The third-order valence-corrected chi connectivity index (χ3v) is 7.21. The van der Waals surface area contributed by atoms with Crippen molar-refractivity contribution in [3.8, 4) is 0 Å². The van der Waals surface area contributed by atoms with E-state index < -0.39 is 15.8 Å². The molecule has 10 heteroatoms.